The predicted octanol–water partition coefficient (Wildman–Crippen LogP) is 4.20. The van der Waals surface area contributed by atoms with Gasteiger partial charge >= 0.3 is 6.09 Å². The van der Waals surface area contributed by atoms with Crippen LogP contribution in [0, 0.1) is 11.3 Å². The highest BCUT2D eigenvalue weighted by atomic mass is 79.9. The van der Waals surface area contributed by atoms with Gasteiger partial charge in [0.05, 0.1) is 29.7 Å². The van der Waals surface area contributed by atoms with Crippen LogP contribution in [0.1, 0.15) is 40.0 Å². The number of carbonyl (C=O) groups is 1. The van der Waals surface area contributed by atoms with Crippen LogP contribution < -0.4 is 9.64 Å². The lowest BCUT2D eigenvalue weighted by molar-refractivity contribution is 0.0145. The third-order valence-electron chi connectivity index (χ3n) is 6.44. The summed E-state index contributed by atoms with van der Waals surface area (Å²) < 4.78 is 12.6. The van der Waals surface area contributed by atoms with Crippen LogP contribution in [0.2, 0.25) is 0 Å². The highest BCUT2D eigenvalue weighted by Gasteiger charge is 2.34. The third kappa shape index (κ3) is 6.14. The molecular weight excluding hydrogens is 512 g/mol. The summed E-state index contributed by atoms with van der Waals surface area (Å²) in [4.78, 5) is 28.3. The lowest BCUT2D eigenvalue weighted by Gasteiger charge is -2.42. The van der Waals surface area contributed by atoms with Crippen LogP contribution in [0.4, 0.5) is 10.5 Å². The Balaban J connectivity index is 1.60. The Morgan fingerprint density at radius 1 is 1.26 bits per heavy atom. The summed E-state index contributed by atoms with van der Waals surface area (Å²) >= 11 is 3.50. The molecule has 2 aliphatic heterocycles. The molecule has 35 heavy (non-hydrogen) atoms. The Hall–Kier alpha value is -2.64. The minimum absolute atomic E-state index is 0.217. The van der Waals surface area contributed by atoms with Gasteiger partial charge in [0.1, 0.15) is 17.7 Å². The Kier molecular flexibility index (Phi) is 7.67. The summed E-state index contributed by atoms with van der Waals surface area (Å²) in [5, 5.41) is 9.45. The second-order valence-electron chi connectivity index (χ2n) is 10.2. The number of hydrogen-bond donors (Lipinski definition) is 0. The van der Waals surface area contributed by atoms with Gasteiger partial charge in [-0.1, -0.05) is 0 Å². The number of fused-ring (bicyclic) bond motifs is 1. The number of pyridine rings is 2. The summed E-state index contributed by atoms with van der Waals surface area (Å²) in [5.74, 6) is 0.555. The van der Waals surface area contributed by atoms with Crippen LogP contribution in [-0.2, 0) is 4.74 Å². The second-order valence-corrected chi connectivity index (χ2v) is 11.1. The molecule has 0 N–H and O–H groups in total. The van der Waals surface area contributed by atoms with Gasteiger partial charge in [0.15, 0.2) is 0 Å². The number of piperazine rings is 1. The van der Waals surface area contributed by atoms with Crippen LogP contribution in [0.15, 0.2) is 22.8 Å². The van der Waals surface area contributed by atoms with Crippen LogP contribution in [0.3, 0.4) is 0 Å². The van der Waals surface area contributed by atoms with E-state index in [1.54, 1.807) is 11.1 Å². The number of carbonyl (C=O) groups excluding carboxylic acids is 1. The smallest absolute Gasteiger partial charge is 0.410 e. The van der Waals surface area contributed by atoms with Crippen LogP contribution in [-0.4, -0.2) is 83.4 Å². The molecule has 0 saturated carbocycles. The second kappa shape index (κ2) is 10.5. The number of halogens is 1. The lowest BCUT2D eigenvalue weighted by atomic mass is 10.1. The van der Waals surface area contributed by atoms with Crippen molar-refractivity contribution >= 4 is 38.7 Å². The lowest BCUT2D eigenvalue weighted by Crippen LogP contribution is -2.56. The topological polar surface area (TPSA) is 94.8 Å². The van der Waals surface area contributed by atoms with E-state index in [9.17, 15) is 10.1 Å². The highest BCUT2D eigenvalue weighted by Crippen LogP contribution is 2.32. The van der Waals surface area contributed by atoms with Crippen molar-refractivity contribution in [1.29, 1.82) is 5.26 Å². The summed E-state index contributed by atoms with van der Waals surface area (Å²) in [6.07, 6.45) is 3.89. The monoisotopic (exact) mass is 544 g/mol. The zero-order chi connectivity index (χ0) is 25.2. The highest BCUT2D eigenvalue weighted by molar-refractivity contribution is 9.10. The molecule has 188 valence electrons. The number of aromatic nitrogens is 2. The molecule has 2 atom stereocenters. The zero-order valence-electron chi connectivity index (χ0n) is 20.8. The maximum absolute atomic E-state index is 12.8. The number of likely N-dealkylation sites (N-methyl/N-ethyl adjacent to an activating group) is 1. The normalized spacial score (nSPS) is 21.3. The zero-order valence-corrected chi connectivity index (χ0v) is 22.4. The molecule has 2 aromatic heterocycles. The quantitative estimate of drug-likeness (QED) is 0.552. The fraction of sp³-hybridized carbons (Fsp3) is 0.600. The Morgan fingerprint density at radius 3 is 2.74 bits per heavy atom. The van der Waals surface area contributed by atoms with Crippen molar-refractivity contribution in [3.8, 4) is 11.9 Å². The van der Waals surface area contributed by atoms with Crippen molar-refractivity contribution < 1.29 is 14.3 Å². The van der Waals surface area contributed by atoms with E-state index < -0.39 is 5.60 Å². The Morgan fingerprint density at radius 2 is 2.06 bits per heavy atom. The minimum atomic E-state index is -0.594. The number of ether oxygens (including phenoxy) is 2. The number of amides is 1. The molecule has 0 spiro atoms. The average molecular weight is 545 g/mol. The van der Waals surface area contributed by atoms with Crippen molar-refractivity contribution in [3.05, 3.63) is 22.8 Å². The largest absolute Gasteiger partial charge is 0.476 e. The van der Waals surface area contributed by atoms with E-state index >= 15 is 0 Å². The van der Waals surface area contributed by atoms with E-state index in [4.69, 9.17) is 14.5 Å². The van der Waals surface area contributed by atoms with Crippen LogP contribution in [0.5, 0.6) is 5.88 Å². The minimum Gasteiger partial charge on any atom is -0.476 e. The molecule has 9 nitrogen and oxygen atoms in total. The SMILES string of the molecule is CN1CCC[C@H]1COc1cc(N2CCN(C(=O)OC(C)(C)C)[C@@H](CC#N)C2)c2ncc(Br)cc2n1. The molecule has 0 radical (unpaired) electrons. The van der Waals surface area contributed by atoms with Crippen molar-refractivity contribution in [2.24, 2.45) is 0 Å². The van der Waals surface area contributed by atoms with Crippen molar-refractivity contribution in [2.75, 3.05) is 44.7 Å². The first-order valence-electron chi connectivity index (χ1n) is 12.1. The number of likely N-dealkylation sites (tertiary alicyclic amines) is 1. The van der Waals surface area contributed by atoms with Crippen LogP contribution >= 0.6 is 15.9 Å². The summed E-state index contributed by atoms with van der Waals surface area (Å²) in [7, 11) is 2.13. The predicted molar refractivity (Wildman–Crippen MR) is 138 cm³/mol. The van der Waals surface area contributed by atoms with Gasteiger partial charge in [0.2, 0.25) is 5.88 Å². The molecule has 4 heterocycles. The third-order valence-corrected chi connectivity index (χ3v) is 6.87. The Labute approximate surface area is 215 Å². The number of nitriles is 1. The standard InChI is InChI=1S/C25H33BrN6O3/c1-25(2,3)35-24(33)32-11-10-31(15-18(32)7-8-27)21-13-22(34-16-19-6-5-9-30(19)4)29-20-12-17(26)14-28-23(20)21/h12-14,18-19H,5-7,9-11,15-16H2,1-4H3/t18-,19-/m0/s1. The summed E-state index contributed by atoms with van der Waals surface area (Å²) in [6, 6.07) is 6.19. The van der Waals surface area contributed by atoms with Gasteiger partial charge in [-0.2, -0.15) is 5.26 Å². The first kappa shape index (κ1) is 25.5. The van der Waals surface area contributed by atoms with E-state index in [1.165, 1.54) is 6.42 Å². The van der Waals surface area contributed by atoms with Crippen molar-refractivity contribution in [3.63, 3.8) is 0 Å². The number of rotatable bonds is 5. The van der Waals surface area contributed by atoms with Gasteiger partial charge in [0.25, 0.3) is 0 Å². The van der Waals surface area contributed by atoms with E-state index in [0.29, 0.717) is 38.2 Å². The molecule has 0 bridgehead atoms. The van der Waals surface area contributed by atoms with Crippen LogP contribution in [0.25, 0.3) is 11.0 Å². The first-order chi connectivity index (χ1) is 16.6. The summed E-state index contributed by atoms with van der Waals surface area (Å²) in [5.41, 5.74) is 1.80. The van der Waals surface area contributed by atoms with Crippen molar-refractivity contribution in [2.45, 2.75) is 57.7 Å². The molecule has 2 aromatic rings. The molecule has 1 amide bonds. The molecule has 10 heteroatoms. The molecule has 2 saturated heterocycles. The Bertz CT molecular complexity index is 1110. The molecule has 0 aliphatic carbocycles. The van der Waals surface area contributed by atoms with E-state index in [2.05, 4.69) is 43.8 Å². The van der Waals surface area contributed by atoms with Gasteiger partial charge in [0, 0.05) is 42.4 Å². The van der Waals surface area contributed by atoms with E-state index in [1.807, 2.05) is 32.9 Å². The maximum atomic E-state index is 12.8. The molecule has 2 aliphatic rings. The van der Waals surface area contributed by atoms with Gasteiger partial charge in [-0.3, -0.25) is 4.98 Å². The number of anilines is 1. The maximum Gasteiger partial charge on any atom is 0.410 e. The van der Waals surface area contributed by atoms with Gasteiger partial charge < -0.3 is 24.2 Å². The molecule has 4 rings (SSSR count). The van der Waals surface area contributed by atoms with E-state index in [-0.39, 0.29) is 18.6 Å². The molecule has 0 unspecified atom stereocenters. The number of nitrogens with zero attached hydrogens (tertiary/aromatic N) is 6. The summed E-state index contributed by atoms with van der Waals surface area (Å²) in [6.45, 7) is 8.74. The molecular formula is C25H33BrN6O3. The number of hydrogen-bond acceptors (Lipinski definition) is 8. The van der Waals surface area contributed by atoms with E-state index in [0.717, 1.165) is 34.2 Å². The fourth-order valence-corrected chi connectivity index (χ4v) is 4.97. The van der Waals surface area contributed by atoms with Crippen molar-refractivity contribution in [1.82, 2.24) is 19.8 Å². The van der Waals surface area contributed by atoms with Gasteiger partial charge in [-0.05, 0) is 69.2 Å². The van der Waals surface area contributed by atoms with Gasteiger partial charge in [-0.15, -0.1) is 0 Å². The average Bonchev–Trinajstić information content (AvgIpc) is 3.20. The van der Waals surface area contributed by atoms with Gasteiger partial charge in [-0.25, -0.2) is 9.78 Å². The molecule has 0 aromatic carbocycles. The fourth-order valence-electron chi connectivity index (χ4n) is 4.65. The first-order valence-corrected chi connectivity index (χ1v) is 12.8. The molecule has 2 fully saturated rings.